The van der Waals surface area contributed by atoms with E-state index in [1.165, 1.54) is 25.1 Å². The van der Waals surface area contributed by atoms with Gasteiger partial charge in [-0.2, -0.15) is 0 Å². The maximum Gasteiger partial charge on any atom is 0.163 e. The second kappa shape index (κ2) is 5.85. The summed E-state index contributed by atoms with van der Waals surface area (Å²) < 4.78 is 18.6. The molecule has 2 rings (SSSR count). The van der Waals surface area contributed by atoms with Gasteiger partial charge in [0.2, 0.25) is 0 Å². The first-order chi connectivity index (χ1) is 9.06. The molecule has 0 aliphatic heterocycles. The summed E-state index contributed by atoms with van der Waals surface area (Å²) in [5.41, 5.74) is 1.16. The van der Waals surface area contributed by atoms with Crippen LogP contribution in [0.4, 0.5) is 4.39 Å². The second-order valence-corrected chi connectivity index (χ2v) is 4.55. The monoisotopic (exact) mass is 278 g/mol. The first kappa shape index (κ1) is 13.6. The number of rotatable bonds is 4. The van der Waals surface area contributed by atoms with E-state index in [9.17, 15) is 9.18 Å². The molecule has 4 heteroatoms. The number of carbonyl (C=O) groups is 1. The van der Waals surface area contributed by atoms with E-state index in [1.54, 1.807) is 12.1 Å². The molecule has 98 valence electrons. The van der Waals surface area contributed by atoms with Crippen molar-refractivity contribution in [3.8, 4) is 5.75 Å². The number of hydrogen-bond donors (Lipinski definition) is 0. The Balaban J connectivity index is 2.15. The van der Waals surface area contributed by atoms with Gasteiger partial charge >= 0.3 is 0 Å². The van der Waals surface area contributed by atoms with Gasteiger partial charge in [0.1, 0.15) is 18.2 Å². The van der Waals surface area contributed by atoms with Crippen LogP contribution in [0.15, 0.2) is 42.5 Å². The maximum absolute atomic E-state index is 13.1. The molecule has 19 heavy (non-hydrogen) atoms. The van der Waals surface area contributed by atoms with Gasteiger partial charge in [-0.3, -0.25) is 4.79 Å². The minimum atomic E-state index is -0.455. The lowest BCUT2D eigenvalue weighted by atomic mass is 10.1. The number of ketones is 1. The van der Waals surface area contributed by atoms with Crippen molar-refractivity contribution < 1.29 is 13.9 Å². The van der Waals surface area contributed by atoms with E-state index in [0.717, 1.165) is 5.56 Å². The Morgan fingerprint density at radius 3 is 2.53 bits per heavy atom. The van der Waals surface area contributed by atoms with Gasteiger partial charge in [-0.05, 0) is 42.8 Å². The van der Waals surface area contributed by atoms with Crippen molar-refractivity contribution in [1.29, 1.82) is 0 Å². The van der Waals surface area contributed by atoms with Crippen LogP contribution in [-0.2, 0) is 6.61 Å². The lowest BCUT2D eigenvalue weighted by Gasteiger charge is -2.10. The first-order valence-electron chi connectivity index (χ1n) is 5.74. The highest BCUT2D eigenvalue weighted by atomic mass is 35.5. The molecule has 2 aromatic carbocycles. The van der Waals surface area contributed by atoms with Gasteiger partial charge in [0.15, 0.2) is 5.78 Å². The second-order valence-electron chi connectivity index (χ2n) is 4.11. The maximum atomic E-state index is 13.1. The molecule has 0 amide bonds. The Morgan fingerprint density at radius 1 is 1.21 bits per heavy atom. The molecule has 0 heterocycles. The summed E-state index contributed by atoms with van der Waals surface area (Å²) in [5, 5.41) is 0.648. The van der Waals surface area contributed by atoms with Crippen LogP contribution in [0, 0.1) is 5.82 Å². The van der Waals surface area contributed by atoms with Crippen molar-refractivity contribution in [3.05, 3.63) is 64.4 Å². The minimum absolute atomic E-state index is 0.231. The average molecular weight is 279 g/mol. The largest absolute Gasteiger partial charge is 0.488 e. The third-order valence-electron chi connectivity index (χ3n) is 2.63. The van der Waals surface area contributed by atoms with Crippen LogP contribution in [0.3, 0.4) is 0 Å². The van der Waals surface area contributed by atoms with Crippen LogP contribution >= 0.6 is 11.6 Å². The smallest absolute Gasteiger partial charge is 0.163 e. The van der Waals surface area contributed by atoms with Crippen molar-refractivity contribution in [1.82, 2.24) is 0 Å². The highest BCUT2D eigenvalue weighted by Crippen LogP contribution is 2.21. The first-order valence-corrected chi connectivity index (χ1v) is 6.12. The highest BCUT2D eigenvalue weighted by Gasteiger charge is 2.10. The molecule has 0 bridgehead atoms. The quantitative estimate of drug-likeness (QED) is 0.781. The standard InChI is InChI=1S/C15H12ClFO2/c1-10(18)14-8-13(17)6-7-15(14)19-9-11-2-4-12(16)5-3-11/h2-8H,9H2,1H3. The highest BCUT2D eigenvalue weighted by molar-refractivity contribution is 6.30. The third-order valence-corrected chi connectivity index (χ3v) is 2.88. The van der Waals surface area contributed by atoms with Crippen LogP contribution in [0.5, 0.6) is 5.75 Å². The molecule has 0 aliphatic rings. The van der Waals surface area contributed by atoms with Crippen molar-refractivity contribution in [2.75, 3.05) is 0 Å². The van der Waals surface area contributed by atoms with E-state index in [0.29, 0.717) is 17.4 Å². The van der Waals surface area contributed by atoms with Crippen LogP contribution in [0.2, 0.25) is 5.02 Å². The van der Waals surface area contributed by atoms with Crippen molar-refractivity contribution in [2.45, 2.75) is 13.5 Å². The Hall–Kier alpha value is -1.87. The fourth-order valence-electron chi connectivity index (χ4n) is 1.64. The van der Waals surface area contributed by atoms with Crippen LogP contribution in [0.25, 0.3) is 0 Å². The Labute approximate surface area is 115 Å². The predicted molar refractivity (Wildman–Crippen MR) is 72.2 cm³/mol. The number of hydrogen-bond acceptors (Lipinski definition) is 2. The normalized spacial score (nSPS) is 10.3. The zero-order chi connectivity index (χ0) is 13.8. The molecule has 0 aromatic heterocycles. The van der Waals surface area contributed by atoms with E-state index in [1.807, 2.05) is 12.1 Å². The van der Waals surface area contributed by atoms with E-state index >= 15 is 0 Å². The van der Waals surface area contributed by atoms with E-state index in [-0.39, 0.29) is 11.3 Å². The lowest BCUT2D eigenvalue weighted by molar-refractivity contribution is 0.101. The van der Waals surface area contributed by atoms with Gasteiger partial charge in [0, 0.05) is 5.02 Å². The molecule has 0 unspecified atom stereocenters. The number of ether oxygens (including phenoxy) is 1. The van der Waals surface area contributed by atoms with E-state index in [4.69, 9.17) is 16.3 Å². The lowest BCUT2D eigenvalue weighted by Crippen LogP contribution is -2.02. The summed E-state index contributed by atoms with van der Waals surface area (Å²) >= 11 is 5.79. The molecular weight excluding hydrogens is 267 g/mol. The third kappa shape index (κ3) is 3.55. The SMILES string of the molecule is CC(=O)c1cc(F)ccc1OCc1ccc(Cl)cc1. The number of carbonyl (C=O) groups excluding carboxylic acids is 1. The van der Waals surface area contributed by atoms with E-state index < -0.39 is 5.82 Å². The fourth-order valence-corrected chi connectivity index (χ4v) is 1.77. The summed E-state index contributed by atoms with van der Waals surface area (Å²) in [5.74, 6) is -0.307. The van der Waals surface area contributed by atoms with Crippen LogP contribution in [0.1, 0.15) is 22.8 Å². The van der Waals surface area contributed by atoms with Gasteiger partial charge in [0.05, 0.1) is 5.56 Å². The summed E-state index contributed by atoms with van der Waals surface area (Å²) in [6.07, 6.45) is 0. The Morgan fingerprint density at radius 2 is 1.89 bits per heavy atom. The minimum Gasteiger partial charge on any atom is -0.488 e. The fraction of sp³-hybridized carbons (Fsp3) is 0.133. The predicted octanol–water partition coefficient (Wildman–Crippen LogP) is 4.26. The van der Waals surface area contributed by atoms with Gasteiger partial charge in [-0.15, -0.1) is 0 Å². The molecule has 0 N–H and O–H groups in total. The Bertz CT molecular complexity index is 594. The summed E-state index contributed by atoms with van der Waals surface area (Å²) in [6.45, 7) is 1.67. The molecule has 0 saturated carbocycles. The molecule has 0 radical (unpaired) electrons. The van der Waals surface area contributed by atoms with Gasteiger partial charge in [-0.1, -0.05) is 23.7 Å². The molecule has 2 aromatic rings. The summed E-state index contributed by atoms with van der Waals surface area (Å²) in [4.78, 5) is 11.4. The average Bonchev–Trinajstić information content (AvgIpc) is 2.39. The van der Waals surface area contributed by atoms with Crippen molar-refractivity contribution in [3.63, 3.8) is 0 Å². The van der Waals surface area contributed by atoms with Crippen LogP contribution < -0.4 is 4.74 Å². The van der Waals surface area contributed by atoms with Crippen LogP contribution in [-0.4, -0.2) is 5.78 Å². The molecule has 0 saturated heterocycles. The molecule has 0 atom stereocenters. The van der Waals surface area contributed by atoms with Gasteiger partial charge < -0.3 is 4.74 Å². The molecular formula is C15H12ClFO2. The molecule has 2 nitrogen and oxygen atoms in total. The Kier molecular flexibility index (Phi) is 4.17. The van der Waals surface area contributed by atoms with Crippen molar-refractivity contribution >= 4 is 17.4 Å². The zero-order valence-electron chi connectivity index (χ0n) is 10.3. The van der Waals surface area contributed by atoms with E-state index in [2.05, 4.69) is 0 Å². The van der Waals surface area contributed by atoms with Gasteiger partial charge in [0.25, 0.3) is 0 Å². The van der Waals surface area contributed by atoms with Gasteiger partial charge in [-0.25, -0.2) is 4.39 Å². The molecule has 0 fully saturated rings. The summed E-state index contributed by atoms with van der Waals surface area (Å²) in [6, 6.07) is 11.1. The number of benzene rings is 2. The van der Waals surface area contributed by atoms with Crippen molar-refractivity contribution in [2.24, 2.45) is 0 Å². The number of halogens is 2. The molecule has 0 spiro atoms. The topological polar surface area (TPSA) is 26.3 Å². The summed E-state index contributed by atoms with van der Waals surface area (Å²) in [7, 11) is 0. The number of Topliss-reactive ketones (excluding diaryl/α,β-unsaturated/α-hetero) is 1. The zero-order valence-corrected chi connectivity index (χ0v) is 11.1. The molecule has 0 aliphatic carbocycles.